The van der Waals surface area contributed by atoms with Crippen LogP contribution in [-0.4, -0.2) is 58.2 Å². The topological polar surface area (TPSA) is 101 Å². The summed E-state index contributed by atoms with van der Waals surface area (Å²) in [5.41, 5.74) is 13.4. The lowest BCUT2D eigenvalue weighted by Gasteiger charge is -2.06. The molecule has 0 aliphatic carbocycles. The van der Waals surface area contributed by atoms with Gasteiger partial charge in [-0.1, -0.05) is 179 Å². The number of nitrogens with zero attached hydrogens (tertiary/aromatic N) is 5. The monoisotopic (exact) mass is 1060 g/mol. The van der Waals surface area contributed by atoms with Gasteiger partial charge in [0.25, 0.3) is 0 Å². The van der Waals surface area contributed by atoms with Crippen molar-refractivity contribution in [2.24, 2.45) is 0 Å². The highest BCUT2D eigenvalue weighted by atomic mass is 19.1. The van der Waals surface area contributed by atoms with Crippen molar-refractivity contribution in [2.75, 3.05) is 28.4 Å². The van der Waals surface area contributed by atoms with Crippen molar-refractivity contribution >= 4 is 36.5 Å². The maximum atomic E-state index is 13.6. The molecule has 0 radical (unpaired) electrons. The van der Waals surface area contributed by atoms with Crippen LogP contribution in [0.3, 0.4) is 0 Å². The Hall–Kier alpha value is -10.3. The largest absolute Gasteiger partial charge is 0.497 e. The fourth-order valence-corrected chi connectivity index (χ4v) is 8.48. The van der Waals surface area contributed by atoms with Crippen LogP contribution in [0.1, 0.15) is 48.2 Å². The Labute approximate surface area is 469 Å². The van der Waals surface area contributed by atoms with E-state index in [4.69, 9.17) is 29.1 Å². The van der Waals surface area contributed by atoms with E-state index < -0.39 is 0 Å². The Balaban J connectivity index is 0.000000175. The number of hydrogen-bond acceptors (Lipinski definition) is 7. The average Bonchev–Trinajstić information content (AvgIpc) is 4.29. The lowest BCUT2D eigenvalue weighted by Crippen LogP contribution is -1.99. The molecule has 0 saturated carbocycles. The Morgan fingerprint density at radius 3 is 1.23 bits per heavy atom. The first-order valence-electron chi connectivity index (χ1n) is 25.2. The molecule has 0 bridgehead atoms. The first-order valence-corrected chi connectivity index (χ1v) is 25.2. The quantitative estimate of drug-likeness (QED) is 0.109. The molecule has 0 atom stereocenters. The maximum absolute atomic E-state index is 13.6. The number of hydrogen-bond donors (Lipinski definition) is 1. The minimum Gasteiger partial charge on any atom is -0.497 e. The van der Waals surface area contributed by atoms with Gasteiger partial charge in [-0.15, -0.1) is 0 Å². The number of para-hydroxylation sites is 2. The highest BCUT2D eigenvalue weighted by molar-refractivity contribution is 5.84. The molecular weight excluding hydrogens is 996 g/mol. The summed E-state index contributed by atoms with van der Waals surface area (Å²) < 4.78 is 39.3. The zero-order valence-electron chi connectivity index (χ0n) is 43.7. The molecule has 80 heavy (non-hydrogen) atoms. The van der Waals surface area contributed by atoms with Crippen molar-refractivity contribution < 1.29 is 23.3 Å². The molecule has 0 amide bonds. The standard InChI is InChI=1S/C25H21FN2O2.C25H22N2O2.C17H14N2.2CH4/c1-29-22-14-12-19(13-15-22)24-23(16-11-18-7-6-8-20(26)17-18)25(30-2)28(27-24)21-9-4-3-5-10-21;1-28-22-16-14-20(15-17-22)24-23(18-13-19-9-5-3-6-10-19)25(29-2)27(26-24)21-11-7-4-8-12-21;1-3-7-14(8-4-1)11-12-16-13-18-19-17(16)15-9-5-2-6-10-15;;/h3-17H,1-2H3;3-18H,1-2H3;1-13H,(H,18,19);2*1H4/b16-11+;18-13+;12-11+;;. The second-order valence-corrected chi connectivity index (χ2v) is 17.4. The minimum atomic E-state index is -0.278. The SMILES string of the molecule is C.C.C(=C\c1cn[nH]c1-c1ccccc1)/c1ccccc1.COc1ccc(-c2nn(-c3ccccc3)c(OC)c2/C=C/c2cccc(F)c2)cc1.COc1ccc(-c2nn(-c3ccccc3)c(OC)c2/C=C/c2ccccc2)cc1. The molecule has 11 rings (SSSR count). The van der Waals surface area contributed by atoms with Gasteiger partial charge in [-0.05, 0) is 114 Å². The molecule has 0 fully saturated rings. The third kappa shape index (κ3) is 14.4. The highest BCUT2D eigenvalue weighted by Gasteiger charge is 2.21. The summed E-state index contributed by atoms with van der Waals surface area (Å²) in [6, 6.07) is 72.5. The summed E-state index contributed by atoms with van der Waals surface area (Å²) in [7, 11) is 6.59. The molecule has 11 heteroatoms. The predicted octanol–water partition coefficient (Wildman–Crippen LogP) is 17.1. The number of nitrogens with one attached hydrogen (secondary N) is 1. The molecule has 0 aliphatic heterocycles. The van der Waals surface area contributed by atoms with Gasteiger partial charge < -0.3 is 18.9 Å². The van der Waals surface area contributed by atoms with E-state index in [0.717, 1.165) is 84.5 Å². The fourth-order valence-electron chi connectivity index (χ4n) is 8.48. The van der Waals surface area contributed by atoms with Crippen LogP contribution < -0.4 is 18.9 Å². The summed E-state index contributed by atoms with van der Waals surface area (Å²) in [5.74, 6) is 2.59. The van der Waals surface area contributed by atoms with Crippen LogP contribution >= 0.6 is 0 Å². The van der Waals surface area contributed by atoms with Crippen molar-refractivity contribution in [3.05, 3.63) is 270 Å². The predicted molar refractivity (Wildman–Crippen MR) is 328 cm³/mol. The average molecular weight is 1060 g/mol. The van der Waals surface area contributed by atoms with Crippen LogP contribution in [0.25, 0.3) is 81.6 Å². The van der Waals surface area contributed by atoms with Crippen LogP contribution in [0.4, 0.5) is 4.39 Å². The van der Waals surface area contributed by atoms with Gasteiger partial charge in [-0.2, -0.15) is 24.7 Å². The molecule has 0 saturated heterocycles. The van der Waals surface area contributed by atoms with E-state index in [2.05, 4.69) is 70.9 Å². The summed E-state index contributed by atoms with van der Waals surface area (Å²) >= 11 is 0. The fraction of sp³-hybridized carbons (Fsp3) is 0.0870. The molecular formula is C69H65FN6O4. The zero-order chi connectivity index (χ0) is 53.9. The van der Waals surface area contributed by atoms with Gasteiger partial charge in [0, 0.05) is 22.3 Å². The molecule has 10 nitrogen and oxygen atoms in total. The molecule has 8 aromatic carbocycles. The van der Waals surface area contributed by atoms with E-state index in [1.54, 1.807) is 39.2 Å². The molecule has 0 unspecified atom stereocenters. The van der Waals surface area contributed by atoms with Gasteiger partial charge >= 0.3 is 0 Å². The zero-order valence-corrected chi connectivity index (χ0v) is 43.7. The maximum Gasteiger partial charge on any atom is 0.224 e. The number of ether oxygens (including phenoxy) is 4. The number of rotatable bonds is 15. The van der Waals surface area contributed by atoms with Crippen molar-refractivity contribution in [3.63, 3.8) is 0 Å². The number of aromatic nitrogens is 6. The summed E-state index contributed by atoms with van der Waals surface area (Å²) in [4.78, 5) is 0. The lowest BCUT2D eigenvalue weighted by molar-refractivity contribution is 0.382. The highest BCUT2D eigenvalue weighted by Crippen LogP contribution is 2.37. The molecule has 11 aromatic rings. The van der Waals surface area contributed by atoms with Crippen LogP contribution in [0.15, 0.2) is 231 Å². The molecule has 0 aliphatic rings. The van der Waals surface area contributed by atoms with Crippen molar-refractivity contribution in [1.29, 1.82) is 0 Å². The van der Waals surface area contributed by atoms with E-state index in [1.165, 1.54) is 17.7 Å². The Morgan fingerprint density at radius 2 is 0.800 bits per heavy atom. The molecule has 1 N–H and O–H groups in total. The van der Waals surface area contributed by atoms with Gasteiger partial charge in [0.1, 0.15) is 28.7 Å². The van der Waals surface area contributed by atoms with Gasteiger partial charge in [-0.3, -0.25) is 5.10 Å². The minimum absolute atomic E-state index is 0. The number of methoxy groups -OCH3 is 4. The Kier molecular flexibility index (Phi) is 20.6. The summed E-state index contributed by atoms with van der Waals surface area (Å²) in [6.07, 6.45) is 13.9. The van der Waals surface area contributed by atoms with E-state index >= 15 is 0 Å². The second-order valence-electron chi connectivity index (χ2n) is 17.4. The van der Waals surface area contributed by atoms with E-state index in [-0.39, 0.29) is 20.7 Å². The number of aromatic amines is 1. The number of halogens is 1. The van der Waals surface area contributed by atoms with Crippen LogP contribution in [-0.2, 0) is 0 Å². The molecule has 3 heterocycles. The smallest absolute Gasteiger partial charge is 0.224 e. The third-order valence-electron chi connectivity index (χ3n) is 12.4. The summed E-state index contributed by atoms with van der Waals surface area (Å²) in [6.45, 7) is 0. The van der Waals surface area contributed by atoms with E-state index in [0.29, 0.717) is 11.8 Å². The Morgan fingerprint density at radius 1 is 0.400 bits per heavy atom. The first kappa shape index (κ1) is 57.4. The van der Waals surface area contributed by atoms with E-state index in [9.17, 15) is 4.39 Å². The van der Waals surface area contributed by atoms with Gasteiger partial charge in [0.15, 0.2) is 0 Å². The molecule has 3 aromatic heterocycles. The Bertz CT molecular complexity index is 3710. The van der Waals surface area contributed by atoms with E-state index in [1.807, 2.05) is 193 Å². The number of H-pyrrole nitrogens is 1. The third-order valence-corrected chi connectivity index (χ3v) is 12.4. The lowest BCUT2D eigenvalue weighted by atomic mass is 10.1. The van der Waals surface area contributed by atoms with Crippen LogP contribution in [0.2, 0.25) is 0 Å². The van der Waals surface area contributed by atoms with Crippen molar-refractivity contribution in [1.82, 2.24) is 29.8 Å². The van der Waals surface area contributed by atoms with Crippen molar-refractivity contribution in [2.45, 2.75) is 14.9 Å². The second kappa shape index (κ2) is 28.8. The molecule has 402 valence electrons. The van der Waals surface area contributed by atoms with Crippen LogP contribution in [0, 0.1) is 5.82 Å². The first-order chi connectivity index (χ1) is 38.4. The normalized spacial score (nSPS) is 10.7. The van der Waals surface area contributed by atoms with Crippen LogP contribution in [0.5, 0.6) is 23.3 Å². The van der Waals surface area contributed by atoms with Crippen molar-refractivity contribution in [3.8, 4) is 68.4 Å². The van der Waals surface area contributed by atoms with Gasteiger partial charge in [0.2, 0.25) is 11.8 Å². The van der Waals surface area contributed by atoms with Gasteiger partial charge in [-0.25, -0.2) is 4.39 Å². The molecule has 0 spiro atoms. The van der Waals surface area contributed by atoms with Gasteiger partial charge in [0.05, 0.1) is 62.8 Å². The number of benzene rings is 8. The summed E-state index contributed by atoms with van der Waals surface area (Å²) in [5, 5.41) is 16.9.